The highest BCUT2D eigenvalue weighted by Gasteiger charge is 2.13. The maximum Gasteiger partial charge on any atom is 0.231 e. The second-order valence-electron chi connectivity index (χ2n) is 4.14. The molecule has 17 heavy (non-hydrogen) atoms. The highest BCUT2D eigenvalue weighted by Crippen LogP contribution is 2.19. The van der Waals surface area contributed by atoms with Gasteiger partial charge in [-0.3, -0.25) is 0 Å². The van der Waals surface area contributed by atoms with Crippen LogP contribution in [-0.4, -0.2) is 16.7 Å². The monoisotopic (exact) mass is 231 g/mol. The van der Waals surface area contributed by atoms with Crippen molar-refractivity contribution in [3.8, 4) is 11.4 Å². The summed E-state index contributed by atoms with van der Waals surface area (Å²) in [4.78, 5) is 4.35. The second kappa shape index (κ2) is 5.10. The summed E-state index contributed by atoms with van der Waals surface area (Å²) in [5, 5.41) is 3.97. The molecule has 0 aliphatic rings. The molecule has 90 valence electrons. The van der Waals surface area contributed by atoms with Crippen LogP contribution in [0.3, 0.4) is 0 Å². The molecule has 1 unspecified atom stereocenters. The first-order chi connectivity index (χ1) is 8.24. The zero-order chi connectivity index (χ0) is 12.3. The molecule has 1 heterocycles. The fraction of sp³-hybridized carbons (Fsp3) is 0.385. The van der Waals surface area contributed by atoms with E-state index in [2.05, 4.69) is 29.2 Å². The van der Waals surface area contributed by atoms with E-state index in [0.29, 0.717) is 18.3 Å². The van der Waals surface area contributed by atoms with E-state index in [1.807, 2.05) is 19.1 Å². The fourth-order valence-electron chi connectivity index (χ4n) is 1.54. The smallest absolute Gasteiger partial charge is 0.231 e. The van der Waals surface area contributed by atoms with E-state index >= 15 is 0 Å². The van der Waals surface area contributed by atoms with E-state index in [0.717, 1.165) is 12.0 Å². The van der Waals surface area contributed by atoms with E-state index in [1.54, 1.807) is 0 Å². The Balaban J connectivity index is 2.24. The van der Waals surface area contributed by atoms with E-state index in [9.17, 15) is 0 Å². The van der Waals surface area contributed by atoms with Crippen LogP contribution in [0.5, 0.6) is 0 Å². The third-order valence-corrected chi connectivity index (χ3v) is 2.84. The molecule has 4 nitrogen and oxygen atoms in total. The van der Waals surface area contributed by atoms with Gasteiger partial charge in [0.15, 0.2) is 0 Å². The number of rotatable bonds is 4. The summed E-state index contributed by atoms with van der Waals surface area (Å²) in [6.45, 7) is 4.61. The molecule has 4 heteroatoms. The van der Waals surface area contributed by atoms with Crippen LogP contribution < -0.4 is 5.73 Å². The topological polar surface area (TPSA) is 64.9 Å². The van der Waals surface area contributed by atoms with Crippen molar-refractivity contribution in [3.63, 3.8) is 0 Å². The zero-order valence-electron chi connectivity index (χ0n) is 10.2. The van der Waals surface area contributed by atoms with Gasteiger partial charge in [-0.15, -0.1) is 0 Å². The quantitative estimate of drug-likeness (QED) is 0.877. The van der Waals surface area contributed by atoms with Crippen LogP contribution in [0.25, 0.3) is 11.4 Å². The maximum atomic E-state index is 5.56. The molecular formula is C13H17N3O. The predicted molar refractivity (Wildman–Crippen MR) is 66.6 cm³/mol. The Kier molecular flexibility index (Phi) is 3.54. The van der Waals surface area contributed by atoms with Gasteiger partial charge < -0.3 is 10.3 Å². The van der Waals surface area contributed by atoms with E-state index in [-0.39, 0.29) is 5.92 Å². The third kappa shape index (κ3) is 2.53. The molecule has 1 aromatic carbocycles. The second-order valence-corrected chi connectivity index (χ2v) is 4.14. The number of aryl methyl sites for hydroxylation is 1. The molecule has 0 saturated carbocycles. The van der Waals surface area contributed by atoms with Crippen LogP contribution in [0.15, 0.2) is 28.8 Å². The summed E-state index contributed by atoms with van der Waals surface area (Å²) >= 11 is 0. The Morgan fingerprint density at radius 3 is 2.59 bits per heavy atom. The van der Waals surface area contributed by atoms with E-state index in [1.165, 1.54) is 5.56 Å². The zero-order valence-corrected chi connectivity index (χ0v) is 10.2. The molecular weight excluding hydrogens is 214 g/mol. The van der Waals surface area contributed by atoms with Crippen LogP contribution in [0.2, 0.25) is 0 Å². The molecule has 0 spiro atoms. The Labute approximate surface area is 101 Å². The summed E-state index contributed by atoms with van der Waals surface area (Å²) in [5.74, 6) is 1.33. The molecule has 2 aromatic rings. The molecule has 0 aliphatic heterocycles. The molecule has 1 atom stereocenters. The van der Waals surface area contributed by atoms with Crippen LogP contribution in [0.4, 0.5) is 0 Å². The van der Waals surface area contributed by atoms with Crippen molar-refractivity contribution < 1.29 is 4.52 Å². The van der Waals surface area contributed by atoms with Gasteiger partial charge in [-0.25, -0.2) is 0 Å². The number of nitrogens with two attached hydrogens (primary N) is 1. The molecule has 0 amide bonds. The average molecular weight is 231 g/mol. The van der Waals surface area contributed by atoms with Gasteiger partial charge in [0.2, 0.25) is 11.7 Å². The molecule has 0 bridgehead atoms. The van der Waals surface area contributed by atoms with E-state index in [4.69, 9.17) is 10.3 Å². The Morgan fingerprint density at radius 2 is 2.00 bits per heavy atom. The maximum absolute atomic E-state index is 5.56. The van der Waals surface area contributed by atoms with Gasteiger partial charge in [-0.1, -0.05) is 43.3 Å². The van der Waals surface area contributed by atoms with Crippen molar-refractivity contribution in [2.24, 2.45) is 5.73 Å². The van der Waals surface area contributed by atoms with Gasteiger partial charge in [-0.2, -0.15) is 4.98 Å². The minimum atomic E-state index is 0.103. The molecule has 0 radical (unpaired) electrons. The highest BCUT2D eigenvalue weighted by atomic mass is 16.5. The molecule has 2 rings (SSSR count). The summed E-state index contributed by atoms with van der Waals surface area (Å²) in [7, 11) is 0. The van der Waals surface area contributed by atoms with Crippen LogP contribution in [0.1, 0.15) is 31.2 Å². The van der Waals surface area contributed by atoms with Crippen molar-refractivity contribution in [2.75, 3.05) is 6.54 Å². The lowest BCUT2D eigenvalue weighted by atomic mass is 10.1. The molecule has 0 fully saturated rings. The lowest BCUT2D eigenvalue weighted by molar-refractivity contribution is 0.361. The Hall–Kier alpha value is -1.68. The molecule has 2 N–H and O–H groups in total. The number of hydrogen-bond acceptors (Lipinski definition) is 4. The normalized spacial score (nSPS) is 12.6. The molecule has 0 saturated heterocycles. The minimum Gasteiger partial charge on any atom is -0.339 e. The standard InChI is InChI=1S/C13H17N3O/c1-3-10-4-6-11(7-5-10)12-15-13(17-16-12)9(2)8-14/h4-7,9H,3,8,14H2,1-2H3. The van der Waals surface area contributed by atoms with Gasteiger partial charge in [0.1, 0.15) is 0 Å². The summed E-state index contributed by atoms with van der Waals surface area (Å²) < 4.78 is 5.19. The van der Waals surface area contributed by atoms with Crippen LogP contribution in [0, 0.1) is 0 Å². The van der Waals surface area contributed by atoms with Gasteiger partial charge >= 0.3 is 0 Å². The molecule has 1 aromatic heterocycles. The highest BCUT2D eigenvalue weighted by molar-refractivity contribution is 5.54. The van der Waals surface area contributed by atoms with Crippen molar-refractivity contribution in [1.82, 2.24) is 10.1 Å². The van der Waals surface area contributed by atoms with Gasteiger partial charge in [-0.05, 0) is 12.0 Å². The lowest BCUT2D eigenvalue weighted by Crippen LogP contribution is -2.08. The minimum absolute atomic E-state index is 0.103. The van der Waals surface area contributed by atoms with Crippen molar-refractivity contribution >= 4 is 0 Å². The lowest BCUT2D eigenvalue weighted by Gasteiger charge is -1.99. The fourth-order valence-corrected chi connectivity index (χ4v) is 1.54. The Bertz CT molecular complexity index is 476. The first-order valence-corrected chi connectivity index (χ1v) is 5.87. The molecule has 0 aliphatic carbocycles. The number of benzene rings is 1. The van der Waals surface area contributed by atoms with Crippen LogP contribution >= 0.6 is 0 Å². The Morgan fingerprint density at radius 1 is 1.29 bits per heavy atom. The first-order valence-electron chi connectivity index (χ1n) is 5.87. The first kappa shape index (κ1) is 11.8. The van der Waals surface area contributed by atoms with Crippen molar-refractivity contribution in [1.29, 1.82) is 0 Å². The van der Waals surface area contributed by atoms with Crippen molar-refractivity contribution in [2.45, 2.75) is 26.2 Å². The SMILES string of the molecule is CCc1ccc(-c2noc(C(C)CN)n2)cc1. The van der Waals surface area contributed by atoms with E-state index < -0.39 is 0 Å². The number of hydrogen-bond donors (Lipinski definition) is 1. The summed E-state index contributed by atoms with van der Waals surface area (Å²) in [6, 6.07) is 8.19. The average Bonchev–Trinajstić information content (AvgIpc) is 2.87. The summed E-state index contributed by atoms with van der Waals surface area (Å²) in [5.41, 5.74) is 7.83. The van der Waals surface area contributed by atoms with Gasteiger partial charge in [0.05, 0.1) is 0 Å². The van der Waals surface area contributed by atoms with Gasteiger partial charge in [0, 0.05) is 18.0 Å². The number of nitrogens with zero attached hydrogens (tertiary/aromatic N) is 2. The van der Waals surface area contributed by atoms with Crippen molar-refractivity contribution in [3.05, 3.63) is 35.7 Å². The summed E-state index contributed by atoms with van der Waals surface area (Å²) in [6.07, 6.45) is 1.03. The largest absolute Gasteiger partial charge is 0.339 e. The van der Waals surface area contributed by atoms with Gasteiger partial charge in [0.25, 0.3) is 0 Å². The number of aromatic nitrogens is 2. The van der Waals surface area contributed by atoms with Crippen LogP contribution in [-0.2, 0) is 6.42 Å². The third-order valence-electron chi connectivity index (χ3n) is 2.84. The predicted octanol–water partition coefficient (Wildman–Crippen LogP) is 2.36.